The van der Waals surface area contributed by atoms with Crippen molar-refractivity contribution in [3.05, 3.63) is 34.8 Å². The summed E-state index contributed by atoms with van der Waals surface area (Å²) in [5.41, 5.74) is 0.229. The largest absolute Gasteiger partial charge is 0.478 e. The second-order valence-electron chi connectivity index (χ2n) is 4.08. The highest BCUT2D eigenvalue weighted by Gasteiger charge is 2.26. The lowest BCUT2D eigenvalue weighted by Gasteiger charge is -2.12. The Kier molecular flexibility index (Phi) is 4.79. The molecule has 2 aromatic heterocycles. The van der Waals surface area contributed by atoms with Crippen molar-refractivity contribution >= 4 is 39.4 Å². The predicted octanol–water partition coefficient (Wildman–Crippen LogP) is 1.95. The predicted molar refractivity (Wildman–Crippen MR) is 78.0 cm³/mol. The van der Waals surface area contributed by atoms with Crippen LogP contribution in [-0.4, -0.2) is 42.4 Å². The van der Waals surface area contributed by atoms with Gasteiger partial charge < -0.3 is 14.6 Å². The van der Waals surface area contributed by atoms with Crippen molar-refractivity contribution in [3.8, 4) is 0 Å². The molecule has 0 saturated heterocycles. The SMILES string of the molecule is COC(OC)C(=O)/C(=C/c1csc2ncccc12)C(=O)O. The highest BCUT2D eigenvalue weighted by molar-refractivity contribution is 7.17. The van der Waals surface area contributed by atoms with E-state index in [2.05, 4.69) is 4.98 Å². The molecule has 0 spiro atoms. The van der Waals surface area contributed by atoms with Gasteiger partial charge in [0.25, 0.3) is 0 Å². The fourth-order valence-electron chi connectivity index (χ4n) is 1.83. The summed E-state index contributed by atoms with van der Waals surface area (Å²) in [5, 5.41) is 11.8. The highest BCUT2D eigenvalue weighted by Crippen LogP contribution is 2.26. The first kappa shape index (κ1) is 15.3. The number of carbonyl (C=O) groups excluding carboxylic acids is 1. The number of methoxy groups -OCH3 is 2. The zero-order chi connectivity index (χ0) is 15.4. The molecule has 0 radical (unpaired) electrons. The van der Waals surface area contributed by atoms with E-state index < -0.39 is 23.6 Å². The number of carboxylic acid groups (broad SMARTS) is 1. The van der Waals surface area contributed by atoms with Crippen LogP contribution in [0.5, 0.6) is 0 Å². The minimum atomic E-state index is -1.33. The molecular formula is C14H13NO5S. The van der Waals surface area contributed by atoms with Crippen LogP contribution in [0.4, 0.5) is 0 Å². The van der Waals surface area contributed by atoms with Crippen LogP contribution in [0.3, 0.4) is 0 Å². The molecule has 6 nitrogen and oxygen atoms in total. The van der Waals surface area contributed by atoms with Gasteiger partial charge in [0.05, 0.1) is 0 Å². The number of fused-ring (bicyclic) bond motifs is 1. The molecule has 0 amide bonds. The second kappa shape index (κ2) is 6.57. The van der Waals surface area contributed by atoms with Crippen molar-refractivity contribution in [2.24, 2.45) is 0 Å². The van der Waals surface area contributed by atoms with Crippen molar-refractivity contribution in [2.45, 2.75) is 6.29 Å². The number of nitrogens with zero attached hydrogens (tertiary/aromatic N) is 1. The number of carbonyl (C=O) groups is 2. The van der Waals surface area contributed by atoms with Crippen LogP contribution in [0.25, 0.3) is 16.3 Å². The van der Waals surface area contributed by atoms with E-state index in [4.69, 9.17) is 9.47 Å². The molecule has 0 unspecified atom stereocenters. The molecule has 0 saturated carbocycles. The van der Waals surface area contributed by atoms with Crippen LogP contribution in [0, 0.1) is 0 Å². The summed E-state index contributed by atoms with van der Waals surface area (Å²) >= 11 is 1.38. The van der Waals surface area contributed by atoms with Crippen LogP contribution in [0.15, 0.2) is 29.3 Å². The molecule has 2 heterocycles. The summed E-state index contributed by atoms with van der Waals surface area (Å²) in [5.74, 6) is -2.07. The Morgan fingerprint density at radius 3 is 2.71 bits per heavy atom. The van der Waals surface area contributed by atoms with Crippen molar-refractivity contribution in [1.29, 1.82) is 0 Å². The van der Waals surface area contributed by atoms with E-state index >= 15 is 0 Å². The Balaban J connectivity index is 2.47. The minimum Gasteiger partial charge on any atom is -0.478 e. The summed E-state index contributed by atoms with van der Waals surface area (Å²) < 4.78 is 9.63. The number of ketones is 1. The molecule has 110 valence electrons. The number of rotatable bonds is 6. The van der Waals surface area contributed by atoms with Gasteiger partial charge in [-0.15, -0.1) is 11.3 Å². The molecule has 7 heteroatoms. The first-order chi connectivity index (χ1) is 10.1. The fraction of sp³-hybridized carbons (Fsp3) is 0.214. The number of hydrogen-bond donors (Lipinski definition) is 1. The van der Waals surface area contributed by atoms with Gasteiger partial charge in [-0.25, -0.2) is 9.78 Å². The summed E-state index contributed by atoms with van der Waals surface area (Å²) in [7, 11) is 2.55. The lowest BCUT2D eigenvalue weighted by molar-refractivity contribution is -0.154. The highest BCUT2D eigenvalue weighted by atomic mass is 32.1. The standard InChI is InChI=1S/C14H13NO5S/c1-19-14(20-2)11(16)10(13(17)18)6-8-7-21-12-9(8)4-3-5-15-12/h3-7,14H,1-2H3,(H,17,18)/b10-6-. The van der Waals surface area contributed by atoms with Crippen molar-refractivity contribution in [3.63, 3.8) is 0 Å². The summed E-state index contributed by atoms with van der Waals surface area (Å²) in [6, 6.07) is 3.57. The third-order valence-electron chi connectivity index (χ3n) is 2.82. The summed E-state index contributed by atoms with van der Waals surface area (Å²) in [6.45, 7) is 0. The average Bonchev–Trinajstić information content (AvgIpc) is 2.88. The van der Waals surface area contributed by atoms with Gasteiger partial charge in [0.2, 0.25) is 12.1 Å². The number of ether oxygens (including phenoxy) is 2. The Labute approximate surface area is 124 Å². The molecule has 0 bridgehead atoms. The molecule has 0 aromatic carbocycles. The lowest BCUT2D eigenvalue weighted by atomic mass is 10.1. The van der Waals surface area contributed by atoms with Gasteiger partial charge in [-0.2, -0.15) is 0 Å². The van der Waals surface area contributed by atoms with E-state index in [1.807, 2.05) is 6.07 Å². The van der Waals surface area contributed by atoms with E-state index in [1.165, 1.54) is 31.6 Å². The molecule has 0 atom stereocenters. The van der Waals surface area contributed by atoms with Crippen molar-refractivity contribution < 1.29 is 24.2 Å². The van der Waals surface area contributed by atoms with Gasteiger partial charge in [0.1, 0.15) is 10.4 Å². The molecule has 0 aliphatic heterocycles. The van der Waals surface area contributed by atoms with Gasteiger partial charge in [0.15, 0.2) is 0 Å². The number of carboxylic acids is 1. The van der Waals surface area contributed by atoms with Gasteiger partial charge in [-0.05, 0) is 23.8 Å². The third-order valence-corrected chi connectivity index (χ3v) is 3.74. The van der Waals surface area contributed by atoms with Crippen molar-refractivity contribution in [1.82, 2.24) is 4.98 Å². The maximum Gasteiger partial charge on any atom is 0.339 e. The van der Waals surface area contributed by atoms with Gasteiger partial charge in [-0.1, -0.05) is 0 Å². The smallest absolute Gasteiger partial charge is 0.339 e. The Morgan fingerprint density at radius 2 is 2.10 bits per heavy atom. The van der Waals surface area contributed by atoms with E-state index in [0.717, 1.165) is 10.2 Å². The van der Waals surface area contributed by atoms with Crippen LogP contribution >= 0.6 is 11.3 Å². The maximum absolute atomic E-state index is 12.1. The quantitative estimate of drug-likeness (QED) is 0.380. The first-order valence-corrected chi connectivity index (χ1v) is 6.83. The van der Waals surface area contributed by atoms with E-state index in [9.17, 15) is 14.7 Å². The zero-order valence-electron chi connectivity index (χ0n) is 11.4. The number of pyridine rings is 1. The average molecular weight is 307 g/mol. The molecule has 21 heavy (non-hydrogen) atoms. The van der Waals surface area contributed by atoms with E-state index in [0.29, 0.717) is 5.56 Å². The number of hydrogen-bond acceptors (Lipinski definition) is 6. The zero-order valence-corrected chi connectivity index (χ0v) is 12.2. The molecular weight excluding hydrogens is 294 g/mol. The topological polar surface area (TPSA) is 85.7 Å². The molecule has 0 aliphatic rings. The van der Waals surface area contributed by atoms with Gasteiger partial charge >= 0.3 is 5.97 Å². The fourth-order valence-corrected chi connectivity index (χ4v) is 2.70. The molecule has 2 rings (SSSR count). The number of thiophene rings is 1. The summed E-state index contributed by atoms with van der Waals surface area (Å²) in [6.07, 6.45) is 1.73. The minimum absolute atomic E-state index is 0.396. The number of aromatic nitrogens is 1. The van der Waals surface area contributed by atoms with Crippen LogP contribution in [0.2, 0.25) is 0 Å². The van der Waals surface area contributed by atoms with Crippen LogP contribution in [0.1, 0.15) is 5.56 Å². The number of Topliss-reactive ketones (excluding diaryl/α,β-unsaturated/α-hetero) is 1. The summed E-state index contributed by atoms with van der Waals surface area (Å²) in [4.78, 5) is 28.4. The normalized spacial score (nSPS) is 12.0. The van der Waals surface area contributed by atoms with Gasteiger partial charge in [-0.3, -0.25) is 4.79 Å². The van der Waals surface area contributed by atoms with Gasteiger partial charge in [0, 0.05) is 31.2 Å². The Morgan fingerprint density at radius 1 is 1.38 bits per heavy atom. The van der Waals surface area contributed by atoms with E-state index in [1.54, 1.807) is 17.6 Å². The second-order valence-corrected chi connectivity index (χ2v) is 4.94. The van der Waals surface area contributed by atoms with Crippen LogP contribution in [-0.2, 0) is 19.1 Å². The van der Waals surface area contributed by atoms with Crippen molar-refractivity contribution in [2.75, 3.05) is 14.2 Å². The van der Waals surface area contributed by atoms with E-state index in [-0.39, 0.29) is 0 Å². The molecule has 2 aromatic rings. The monoisotopic (exact) mass is 307 g/mol. The molecule has 0 fully saturated rings. The first-order valence-electron chi connectivity index (χ1n) is 5.95. The number of aliphatic carboxylic acids is 1. The molecule has 1 N–H and O–H groups in total. The Hall–Kier alpha value is -2.09. The lowest BCUT2D eigenvalue weighted by Crippen LogP contribution is -2.29. The maximum atomic E-state index is 12.1. The Bertz CT molecular complexity index is 702. The molecule has 0 aliphatic carbocycles. The third kappa shape index (κ3) is 3.15. The van der Waals surface area contributed by atoms with Crippen LogP contribution < -0.4 is 0 Å².